The highest BCUT2D eigenvalue weighted by atomic mass is 16.6. The Balaban J connectivity index is 0.993. The number of benzene rings is 2. The van der Waals surface area contributed by atoms with E-state index in [1.165, 1.54) is 31.3 Å². The monoisotopic (exact) mass is 1430 g/mol. The van der Waals surface area contributed by atoms with E-state index in [9.17, 15) is 38.4 Å². The van der Waals surface area contributed by atoms with Gasteiger partial charge in [0.15, 0.2) is 0 Å². The van der Waals surface area contributed by atoms with Crippen molar-refractivity contribution in [2.75, 3.05) is 146 Å². The van der Waals surface area contributed by atoms with Crippen LogP contribution in [0.1, 0.15) is 123 Å². The number of hydrogen-bond acceptors (Lipinski definition) is 19. The summed E-state index contributed by atoms with van der Waals surface area (Å²) in [7, 11) is 6.42. The van der Waals surface area contributed by atoms with Gasteiger partial charge in [0.1, 0.15) is 12.1 Å². The van der Waals surface area contributed by atoms with E-state index >= 15 is 4.79 Å². The second-order valence-electron chi connectivity index (χ2n) is 27.2. The molecule has 3 unspecified atom stereocenters. The van der Waals surface area contributed by atoms with E-state index in [0.29, 0.717) is 162 Å². The van der Waals surface area contributed by atoms with Gasteiger partial charge in [0.2, 0.25) is 41.4 Å². The lowest BCUT2D eigenvalue weighted by molar-refractivity contribution is -0.160. The van der Waals surface area contributed by atoms with Gasteiger partial charge in [-0.15, -0.1) is 0 Å². The van der Waals surface area contributed by atoms with Gasteiger partial charge in [0, 0.05) is 78.7 Å². The number of nitrogens with one attached hydrogen (secondary N) is 3. The zero-order chi connectivity index (χ0) is 74.0. The lowest BCUT2D eigenvalue weighted by atomic mass is 9.73. The number of carbonyl (C=O) groups excluding carboxylic acids is 9. The summed E-state index contributed by atoms with van der Waals surface area (Å²) in [6.07, 6.45) is 6.59. The average molecular weight is 1430 g/mol. The highest BCUT2D eigenvalue weighted by Crippen LogP contribution is 2.56. The van der Waals surface area contributed by atoms with Crippen molar-refractivity contribution in [1.82, 2.24) is 30.2 Å². The van der Waals surface area contributed by atoms with Gasteiger partial charge in [-0.1, -0.05) is 89.9 Å². The number of likely N-dealkylation sites (tertiary alicyclic amines) is 2. The smallest absolute Gasteiger partial charge is 0.253 e. The number of rotatable bonds is 52. The number of fused-ring (bicyclic) bond motifs is 2. The van der Waals surface area contributed by atoms with Crippen LogP contribution in [-0.4, -0.2) is 255 Å². The number of primary amides is 1. The summed E-state index contributed by atoms with van der Waals surface area (Å²) in [5.41, 5.74) is 7.23. The maximum absolute atomic E-state index is 15.6. The predicted molar refractivity (Wildman–Crippen MR) is 380 cm³/mol. The fourth-order valence-corrected chi connectivity index (χ4v) is 14.7. The fraction of sp³-hybridized carbons (Fsp3) is 0.693. The van der Waals surface area contributed by atoms with Crippen molar-refractivity contribution in [3.8, 4) is 0 Å². The van der Waals surface area contributed by atoms with Gasteiger partial charge in [0.25, 0.3) is 11.8 Å². The number of nitrogens with zero attached hydrogens (tertiary/aromatic N) is 4. The largest absolute Gasteiger partial charge is 0.382 e. The van der Waals surface area contributed by atoms with Gasteiger partial charge >= 0.3 is 0 Å². The molecular weight excluding hydrogens is 1320 g/mol. The first-order chi connectivity index (χ1) is 49.2. The summed E-state index contributed by atoms with van der Waals surface area (Å²) in [6.45, 7) is 16.7. The number of methoxy groups -OCH3 is 3. The molecule has 0 aromatic heterocycles. The molecule has 2 bridgehead atoms. The third kappa shape index (κ3) is 25.2. The summed E-state index contributed by atoms with van der Waals surface area (Å²) in [5, 5.41) is 8.88. The standard InChI is InChI=1S/C75H116N8O19/c1-10-53(4)68(80(6)74(92)67(52(2)3)75-30-28-57(50-75)69(71(76)89)83(75)65(87)29-33-96-36-37-98-40-41-100-44-45-102-47-46-101-43-42-99-39-38-97-35-34-93-7)61(94-8)49-66(88)81-32-17-20-60(81)70(95-9)54(5)72(90)79-59(48-55-18-13-11-14-19-55)73(91)78-58-24-22-56(23-25-58)51-77-62(84)21-15-12-16-31-82-63(85)26-27-64(82)86/h11,13-14,18-19,22-27,52-54,57,59-61,67-70H,10,12,15-17,20-21,28-51H2,1-9H3,(H2,76,89)(H,77,84)(H,78,91)(H,79,90)/t53-,54+,57?,59-,60-,61+,67+,68-,69?,70+,75?/m0/s1. The van der Waals surface area contributed by atoms with E-state index in [-0.39, 0.29) is 98.8 Å². The van der Waals surface area contributed by atoms with E-state index in [1.54, 1.807) is 60.0 Å². The van der Waals surface area contributed by atoms with Crippen molar-refractivity contribution >= 4 is 58.9 Å². The Hall–Kier alpha value is -6.79. The molecule has 2 aromatic carbocycles. The Morgan fingerprint density at radius 2 is 1.25 bits per heavy atom. The molecule has 570 valence electrons. The third-order valence-corrected chi connectivity index (χ3v) is 20.0. The molecule has 0 radical (unpaired) electrons. The summed E-state index contributed by atoms with van der Waals surface area (Å²) < 4.78 is 56.4. The second kappa shape index (κ2) is 44.8. The Morgan fingerprint density at radius 1 is 0.667 bits per heavy atom. The molecule has 9 amide bonds. The molecule has 27 heteroatoms. The van der Waals surface area contributed by atoms with E-state index in [4.69, 9.17) is 53.1 Å². The Kier molecular flexibility index (Phi) is 36.9. The maximum atomic E-state index is 15.6. The first-order valence-corrected chi connectivity index (χ1v) is 36.5. The Labute approximate surface area is 602 Å². The Bertz CT molecular complexity index is 2940. The van der Waals surface area contributed by atoms with Crippen LogP contribution in [0.4, 0.5) is 5.69 Å². The minimum Gasteiger partial charge on any atom is -0.382 e. The molecule has 2 aromatic rings. The van der Waals surface area contributed by atoms with Gasteiger partial charge < -0.3 is 83.8 Å². The van der Waals surface area contributed by atoms with Gasteiger partial charge in [-0.3, -0.25) is 48.1 Å². The number of unbranched alkanes of at least 4 members (excludes halogenated alkanes) is 2. The van der Waals surface area contributed by atoms with Gasteiger partial charge in [-0.2, -0.15) is 0 Å². The molecule has 2 saturated heterocycles. The zero-order valence-corrected chi connectivity index (χ0v) is 61.7. The van der Waals surface area contributed by atoms with Gasteiger partial charge in [-0.05, 0) is 86.0 Å². The average Bonchev–Trinajstić information content (AvgIpc) is 1.55. The number of hydrogen-bond donors (Lipinski definition) is 4. The molecule has 0 spiro atoms. The summed E-state index contributed by atoms with van der Waals surface area (Å²) in [5.74, 6) is -5.28. The predicted octanol–water partition coefficient (Wildman–Crippen LogP) is 5.03. The van der Waals surface area contributed by atoms with Crippen molar-refractivity contribution in [1.29, 1.82) is 0 Å². The molecule has 3 heterocycles. The number of anilines is 1. The molecule has 11 atom stereocenters. The van der Waals surface area contributed by atoms with Gasteiger partial charge in [-0.25, -0.2) is 0 Å². The first kappa shape index (κ1) is 84.2. The van der Waals surface area contributed by atoms with Crippen LogP contribution < -0.4 is 21.7 Å². The summed E-state index contributed by atoms with van der Waals surface area (Å²) in [6, 6.07) is 13.4. The summed E-state index contributed by atoms with van der Waals surface area (Å²) in [4.78, 5) is 130. The molecule has 1 saturated carbocycles. The van der Waals surface area contributed by atoms with Crippen LogP contribution in [0.3, 0.4) is 0 Å². The number of amides is 9. The van der Waals surface area contributed by atoms with Crippen molar-refractivity contribution in [3.63, 3.8) is 0 Å². The number of carbonyl (C=O) groups is 9. The quantitative estimate of drug-likeness (QED) is 0.0498. The molecule has 3 aliphatic heterocycles. The van der Waals surface area contributed by atoms with Crippen molar-refractivity contribution in [2.45, 2.75) is 167 Å². The minimum absolute atomic E-state index is 0.0375. The molecular formula is C75H116N8O19. The van der Waals surface area contributed by atoms with Crippen molar-refractivity contribution in [2.24, 2.45) is 35.3 Å². The molecule has 102 heavy (non-hydrogen) atoms. The highest BCUT2D eigenvalue weighted by molar-refractivity contribution is 6.12. The van der Waals surface area contributed by atoms with Crippen LogP contribution in [0.5, 0.6) is 0 Å². The van der Waals surface area contributed by atoms with E-state index in [2.05, 4.69) is 16.0 Å². The van der Waals surface area contributed by atoms with Crippen LogP contribution in [0, 0.1) is 29.6 Å². The van der Waals surface area contributed by atoms with Crippen LogP contribution >= 0.6 is 0 Å². The van der Waals surface area contributed by atoms with E-state index in [0.717, 1.165) is 11.1 Å². The SMILES string of the molecule is CC[C@H](C)[C@@H]([C@@H](CC(=O)N1CCC[C@H]1[C@H](OC)[C@@H](C)C(=O)N[C@@H](Cc1ccccc1)C(=O)Nc1ccc(CNC(=O)CCCCCN2C(=O)C=CC2=O)cc1)OC)N(C)C(=O)[C@@H](C(C)C)C12CCC(C1)C(C(N)=O)N2C(=O)CCOCCOCCOCCOCCOCCOCCOCCOC. The Morgan fingerprint density at radius 3 is 1.78 bits per heavy atom. The zero-order valence-electron chi connectivity index (χ0n) is 61.7. The van der Waals surface area contributed by atoms with E-state index < -0.39 is 71.5 Å². The molecule has 4 aliphatic rings. The summed E-state index contributed by atoms with van der Waals surface area (Å²) >= 11 is 0. The van der Waals surface area contributed by atoms with Crippen LogP contribution in [0.2, 0.25) is 0 Å². The minimum atomic E-state index is -1.01. The van der Waals surface area contributed by atoms with Crippen LogP contribution in [0.25, 0.3) is 0 Å². The molecule has 3 fully saturated rings. The number of piperidine rings is 1. The number of likely N-dealkylation sites (N-methyl/N-ethyl adjacent to an activating group) is 1. The first-order valence-electron chi connectivity index (χ1n) is 36.5. The third-order valence-electron chi connectivity index (χ3n) is 20.0. The molecule has 27 nitrogen and oxygen atoms in total. The molecule has 6 rings (SSSR count). The fourth-order valence-electron chi connectivity index (χ4n) is 14.7. The van der Waals surface area contributed by atoms with Crippen LogP contribution in [-0.2, 0) is 103 Å². The number of imide groups is 1. The van der Waals surface area contributed by atoms with E-state index in [1.807, 2.05) is 58.0 Å². The lowest BCUT2D eigenvalue weighted by Gasteiger charge is -2.49. The van der Waals surface area contributed by atoms with Crippen molar-refractivity contribution < 1.29 is 90.5 Å². The van der Waals surface area contributed by atoms with Gasteiger partial charge in [0.05, 0.1) is 154 Å². The maximum Gasteiger partial charge on any atom is 0.253 e. The lowest BCUT2D eigenvalue weighted by Crippen LogP contribution is -2.64. The topological polar surface area (TPSA) is 321 Å². The molecule has 1 aliphatic carbocycles. The highest BCUT2D eigenvalue weighted by Gasteiger charge is 2.65. The number of nitrogens with two attached hydrogens (primary N) is 1. The molecule has 5 N–H and O–H groups in total. The number of ether oxygens (including phenoxy) is 10. The second-order valence-corrected chi connectivity index (χ2v) is 27.2. The van der Waals surface area contributed by atoms with Crippen molar-refractivity contribution in [3.05, 3.63) is 77.9 Å². The van der Waals surface area contributed by atoms with Crippen LogP contribution in [0.15, 0.2) is 66.7 Å². The normalized spacial score (nSPS) is 20.0.